The van der Waals surface area contributed by atoms with Crippen molar-refractivity contribution < 1.29 is 0 Å². The van der Waals surface area contributed by atoms with Crippen molar-refractivity contribution in [3.05, 3.63) is 52.8 Å². The van der Waals surface area contributed by atoms with Gasteiger partial charge in [-0.05, 0) is 31.5 Å². The summed E-state index contributed by atoms with van der Waals surface area (Å²) in [6.45, 7) is 4.90. The minimum absolute atomic E-state index is 0.623. The van der Waals surface area contributed by atoms with Gasteiger partial charge in [-0.3, -0.25) is 10.1 Å². The fourth-order valence-electron chi connectivity index (χ4n) is 2.46. The molecule has 0 radical (unpaired) electrons. The predicted octanol–water partition coefficient (Wildman–Crippen LogP) is 4.64. The van der Waals surface area contributed by atoms with Crippen LogP contribution in [0.2, 0.25) is 5.15 Å². The zero-order valence-corrected chi connectivity index (χ0v) is 14.6. The number of hydrogen-bond donors (Lipinski definition) is 1. The van der Waals surface area contributed by atoms with E-state index in [4.69, 9.17) is 11.6 Å². The summed E-state index contributed by atoms with van der Waals surface area (Å²) in [7, 11) is 0. The molecule has 6 heteroatoms. The smallest absolute Gasteiger partial charge is 0.146 e. The van der Waals surface area contributed by atoms with E-state index in [0.29, 0.717) is 11.0 Å². The second-order valence-electron chi connectivity index (χ2n) is 5.63. The summed E-state index contributed by atoms with van der Waals surface area (Å²) in [5.74, 6) is 0.692. The average Bonchev–Trinajstić information content (AvgIpc) is 2.87. The first-order valence-electron chi connectivity index (χ1n) is 8.07. The van der Waals surface area contributed by atoms with Crippen LogP contribution in [-0.2, 0) is 6.54 Å². The third-order valence-electron chi connectivity index (χ3n) is 3.80. The monoisotopic (exact) mass is 341 g/mol. The molecule has 5 nitrogen and oxygen atoms in total. The maximum atomic E-state index is 6.39. The Labute approximate surface area is 146 Å². The molecule has 2 heterocycles. The van der Waals surface area contributed by atoms with Crippen molar-refractivity contribution in [3.8, 4) is 0 Å². The Morgan fingerprint density at radius 1 is 1.25 bits per heavy atom. The summed E-state index contributed by atoms with van der Waals surface area (Å²) >= 11 is 6.39. The molecule has 124 valence electrons. The maximum absolute atomic E-state index is 6.39. The molecule has 0 bridgehead atoms. The fourth-order valence-corrected chi connectivity index (χ4v) is 2.77. The molecule has 0 aliphatic rings. The van der Waals surface area contributed by atoms with Gasteiger partial charge in [0.1, 0.15) is 11.0 Å². The van der Waals surface area contributed by atoms with Gasteiger partial charge >= 0.3 is 0 Å². The molecule has 0 saturated heterocycles. The number of rotatable bonds is 6. The molecule has 3 aromatic rings. The lowest BCUT2D eigenvalue weighted by Crippen LogP contribution is -2.00. The largest absolute Gasteiger partial charge is 0.261 e. The van der Waals surface area contributed by atoms with E-state index >= 15 is 0 Å². The summed E-state index contributed by atoms with van der Waals surface area (Å²) in [5, 5.41) is 10.4. The van der Waals surface area contributed by atoms with Gasteiger partial charge in [-0.2, -0.15) is 10.2 Å². The van der Waals surface area contributed by atoms with Gasteiger partial charge in [0.05, 0.1) is 23.0 Å². The van der Waals surface area contributed by atoms with Crippen LogP contribution in [0.5, 0.6) is 0 Å². The van der Waals surface area contributed by atoms with E-state index in [1.165, 1.54) is 0 Å². The third-order valence-corrected chi connectivity index (χ3v) is 4.20. The lowest BCUT2D eigenvalue weighted by molar-refractivity contribution is 0.569. The number of hydrazone groups is 1. The van der Waals surface area contributed by atoms with Gasteiger partial charge in [0.25, 0.3) is 0 Å². The van der Waals surface area contributed by atoms with Crippen LogP contribution in [0.1, 0.15) is 31.0 Å². The Morgan fingerprint density at radius 3 is 2.92 bits per heavy atom. The number of unbranched alkanes of at least 4 members (excludes halogenated alkanes) is 1. The highest BCUT2D eigenvalue weighted by molar-refractivity contribution is 6.32. The number of benzene rings is 1. The molecule has 1 aromatic carbocycles. The Kier molecular flexibility index (Phi) is 5.11. The number of nitrogens with one attached hydrogen (secondary N) is 1. The predicted molar refractivity (Wildman–Crippen MR) is 99.8 cm³/mol. The Morgan fingerprint density at radius 2 is 2.08 bits per heavy atom. The molecule has 0 atom stereocenters. The molecule has 0 fully saturated rings. The van der Waals surface area contributed by atoms with E-state index in [-0.39, 0.29) is 0 Å². The Balaban J connectivity index is 1.74. The first-order valence-corrected chi connectivity index (χ1v) is 8.44. The van der Waals surface area contributed by atoms with Crippen LogP contribution in [-0.4, -0.2) is 21.0 Å². The molecule has 2 aromatic heterocycles. The van der Waals surface area contributed by atoms with Crippen LogP contribution in [0, 0.1) is 6.92 Å². The molecular formula is C18H20ClN5. The molecular weight excluding hydrogens is 322 g/mol. The molecule has 0 aliphatic carbocycles. The molecule has 0 aliphatic heterocycles. The molecule has 0 saturated carbocycles. The van der Waals surface area contributed by atoms with Crippen LogP contribution < -0.4 is 5.43 Å². The van der Waals surface area contributed by atoms with E-state index in [1.807, 2.05) is 48.0 Å². The van der Waals surface area contributed by atoms with E-state index in [0.717, 1.165) is 41.5 Å². The Bertz CT molecular complexity index is 869. The van der Waals surface area contributed by atoms with Crippen LogP contribution in [0.4, 0.5) is 5.82 Å². The number of anilines is 1. The first kappa shape index (κ1) is 16.5. The molecule has 24 heavy (non-hydrogen) atoms. The van der Waals surface area contributed by atoms with Crippen LogP contribution in [0.25, 0.3) is 10.9 Å². The second-order valence-corrected chi connectivity index (χ2v) is 5.98. The van der Waals surface area contributed by atoms with Gasteiger partial charge in [0.2, 0.25) is 0 Å². The van der Waals surface area contributed by atoms with Crippen molar-refractivity contribution in [2.24, 2.45) is 5.10 Å². The Hall–Kier alpha value is -2.40. The number of pyridine rings is 1. The van der Waals surface area contributed by atoms with Crippen molar-refractivity contribution in [1.29, 1.82) is 0 Å². The van der Waals surface area contributed by atoms with Crippen molar-refractivity contribution in [2.75, 3.05) is 5.43 Å². The number of nitrogens with zero attached hydrogens (tertiary/aromatic N) is 4. The van der Waals surface area contributed by atoms with Crippen LogP contribution >= 0.6 is 11.6 Å². The van der Waals surface area contributed by atoms with E-state index < -0.39 is 0 Å². The number of halogens is 1. The first-order chi connectivity index (χ1) is 11.7. The summed E-state index contributed by atoms with van der Waals surface area (Å²) < 4.78 is 1.83. The number of aromatic nitrogens is 3. The number of para-hydroxylation sites is 1. The maximum Gasteiger partial charge on any atom is 0.146 e. The highest BCUT2D eigenvalue weighted by Gasteiger charge is 2.11. The highest BCUT2D eigenvalue weighted by Crippen LogP contribution is 2.19. The SMILES string of the molecule is CCCCn1nc(C)c(/C=N/Nc2ccc3ccccc3n2)c1Cl. The topological polar surface area (TPSA) is 55.1 Å². The second kappa shape index (κ2) is 7.45. The molecule has 0 unspecified atom stereocenters. The minimum Gasteiger partial charge on any atom is -0.261 e. The summed E-state index contributed by atoms with van der Waals surface area (Å²) in [4.78, 5) is 4.52. The van der Waals surface area contributed by atoms with Gasteiger partial charge in [-0.15, -0.1) is 0 Å². The summed E-state index contributed by atoms with van der Waals surface area (Å²) in [6.07, 6.45) is 3.86. The average molecular weight is 342 g/mol. The summed E-state index contributed by atoms with van der Waals surface area (Å²) in [5.41, 5.74) is 5.59. The van der Waals surface area contributed by atoms with Crippen LogP contribution in [0.15, 0.2) is 41.5 Å². The van der Waals surface area contributed by atoms with Gasteiger partial charge in [-0.25, -0.2) is 4.98 Å². The van der Waals surface area contributed by atoms with Crippen molar-refractivity contribution >= 4 is 34.5 Å². The van der Waals surface area contributed by atoms with Crippen molar-refractivity contribution in [2.45, 2.75) is 33.2 Å². The molecule has 0 spiro atoms. The van der Waals surface area contributed by atoms with E-state index in [1.54, 1.807) is 6.21 Å². The minimum atomic E-state index is 0.623. The lowest BCUT2D eigenvalue weighted by Gasteiger charge is -2.02. The van der Waals surface area contributed by atoms with E-state index in [9.17, 15) is 0 Å². The lowest BCUT2D eigenvalue weighted by atomic mass is 10.2. The number of aryl methyl sites for hydroxylation is 2. The quantitative estimate of drug-likeness (QED) is 0.525. The normalized spacial score (nSPS) is 11.5. The number of hydrogen-bond acceptors (Lipinski definition) is 4. The van der Waals surface area contributed by atoms with Gasteiger partial charge < -0.3 is 0 Å². The highest BCUT2D eigenvalue weighted by atomic mass is 35.5. The third kappa shape index (κ3) is 3.57. The zero-order valence-electron chi connectivity index (χ0n) is 13.8. The molecule has 1 N–H and O–H groups in total. The van der Waals surface area contributed by atoms with Gasteiger partial charge in [0.15, 0.2) is 0 Å². The molecule has 0 amide bonds. The summed E-state index contributed by atoms with van der Waals surface area (Å²) in [6, 6.07) is 11.9. The van der Waals surface area contributed by atoms with Gasteiger partial charge in [0, 0.05) is 11.9 Å². The van der Waals surface area contributed by atoms with Gasteiger partial charge in [-0.1, -0.05) is 43.1 Å². The zero-order chi connectivity index (χ0) is 16.9. The molecule has 3 rings (SSSR count). The van der Waals surface area contributed by atoms with Crippen molar-refractivity contribution in [1.82, 2.24) is 14.8 Å². The standard InChI is InChI=1S/C18H20ClN5/c1-3-4-11-24-18(19)15(13(2)23-24)12-20-22-17-10-9-14-7-5-6-8-16(14)21-17/h5-10,12H,3-4,11H2,1-2H3,(H,21,22)/b20-12+. The van der Waals surface area contributed by atoms with E-state index in [2.05, 4.69) is 27.5 Å². The van der Waals surface area contributed by atoms with Crippen LogP contribution in [0.3, 0.4) is 0 Å². The van der Waals surface area contributed by atoms with Crippen molar-refractivity contribution in [3.63, 3.8) is 0 Å². The fraction of sp³-hybridized carbons (Fsp3) is 0.278. The number of fused-ring (bicyclic) bond motifs is 1.